The van der Waals surface area contributed by atoms with E-state index < -0.39 is 26.3 Å². The first-order valence-corrected chi connectivity index (χ1v) is 9.71. The van der Waals surface area contributed by atoms with Gasteiger partial charge in [0.25, 0.3) is 0 Å². The lowest BCUT2D eigenvalue weighted by atomic mass is 9.82. The molecule has 0 spiro atoms. The Balaban J connectivity index is 1.79. The van der Waals surface area contributed by atoms with Gasteiger partial charge < -0.3 is 11.1 Å². The summed E-state index contributed by atoms with van der Waals surface area (Å²) in [6.07, 6.45) is 5.53. The summed E-state index contributed by atoms with van der Waals surface area (Å²) in [6, 6.07) is 3.41. The Kier molecular flexibility index (Phi) is 4.63. The fourth-order valence-corrected chi connectivity index (χ4v) is 4.34. The third-order valence-corrected chi connectivity index (χ3v) is 6.11. The van der Waals surface area contributed by atoms with Crippen LogP contribution in [0.2, 0.25) is 0 Å². The van der Waals surface area contributed by atoms with Crippen LogP contribution in [0.5, 0.6) is 0 Å². The van der Waals surface area contributed by atoms with E-state index in [1.165, 1.54) is 6.07 Å². The molecule has 1 aromatic rings. The summed E-state index contributed by atoms with van der Waals surface area (Å²) in [5.74, 6) is -1.20. The first-order valence-electron chi connectivity index (χ1n) is 8.22. The Morgan fingerprint density at radius 3 is 2.50 bits per heavy atom. The van der Waals surface area contributed by atoms with E-state index in [0.29, 0.717) is 12.8 Å². The first-order chi connectivity index (χ1) is 11.3. The van der Waals surface area contributed by atoms with Gasteiger partial charge in [-0.05, 0) is 43.9 Å². The Bertz CT molecular complexity index is 741. The molecule has 0 bridgehead atoms. The zero-order valence-electron chi connectivity index (χ0n) is 13.3. The highest BCUT2D eigenvalue weighted by Gasteiger charge is 2.35. The van der Waals surface area contributed by atoms with Crippen LogP contribution in [0.3, 0.4) is 0 Å². The molecule has 0 atom stereocenters. The molecule has 0 unspecified atom stereocenters. The van der Waals surface area contributed by atoms with Gasteiger partial charge in [0.2, 0.25) is 15.9 Å². The molecule has 0 saturated heterocycles. The van der Waals surface area contributed by atoms with E-state index in [4.69, 9.17) is 5.73 Å². The molecule has 6 nitrogen and oxygen atoms in total. The lowest BCUT2D eigenvalue weighted by Crippen LogP contribution is -2.52. The third-order valence-electron chi connectivity index (χ3n) is 4.58. The largest absolute Gasteiger partial charge is 0.324 e. The van der Waals surface area contributed by atoms with Crippen LogP contribution in [0.25, 0.3) is 0 Å². The molecular weight excluding hydrogens is 333 g/mol. The van der Waals surface area contributed by atoms with Gasteiger partial charge in [-0.3, -0.25) is 4.79 Å². The van der Waals surface area contributed by atoms with Crippen LogP contribution >= 0.6 is 0 Å². The van der Waals surface area contributed by atoms with Crippen LogP contribution in [-0.2, 0) is 14.8 Å². The number of hydrogen-bond acceptors (Lipinski definition) is 4. The van der Waals surface area contributed by atoms with Gasteiger partial charge in [-0.25, -0.2) is 17.5 Å². The van der Waals surface area contributed by atoms with E-state index in [2.05, 4.69) is 10.0 Å². The zero-order chi connectivity index (χ0) is 17.4. The topological polar surface area (TPSA) is 101 Å². The molecule has 132 valence electrons. The number of carbonyl (C=O) groups excluding carboxylic acids is 1. The fraction of sp³-hybridized carbons (Fsp3) is 0.562. The SMILES string of the molecule is NC1(C(=O)Nc2ccc(F)c(S(=O)(=O)NC3CC3)c2)CCCCC1. The number of rotatable bonds is 5. The van der Waals surface area contributed by atoms with Gasteiger partial charge in [-0.1, -0.05) is 19.3 Å². The summed E-state index contributed by atoms with van der Waals surface area (Å²) < 4.78 is 40.8. The molecule has 1 aromatic carbocycles. The molecule has 1 amide bonds. The molecule has 2 saturated carbocycles. The predicted octanol–water partition coefficient (Wildman–Crippen LogP) is 1.87. The average molecular weight is 355 g/mol. The second-order valence-electron chi connectivity index (χ2n) is 6.71. The maximum absolute atomic E-state index is 13.9. The molecule has 0 radical (unpaired) electrons. The Morgan fingerprint density at radius 1 is 1.21 bits per heavy atom. The number of carbonyl (C=O) groups is 1. The number of sulfonamides is 1. The lowest BCUT2D eigenvalue weighted by Gasteiger charge is -2.31. The zero-order valence-corrected chi connectivity index (χ0v) is 14.2. The lowest BCUT2D eigenvalue weighted by molar-refractivity contribution is -0.122. The van der Waals surface area contributed by atoms with Crippen molar-refractivity contribution in [2.45, 2.75) is 61.4 Å². The van der Waals surface area contributed by atoms with E-state index in [9.17, 15) is 17.6 Å². The number of nitrogens with two attached hydrogens (primary N) is 1. The van der Waals surface area contributed by atoms with Crippen LogP contribution in [-0.4, -0.2) is 25.9 Å². The van der Waals surface area contributed by atoms with Gasteiger partial charge in [0, 0.05) is 11.7 Å². The fourth-order valence-electron chi connectivity index (χ4n) is 2.94. The highest BCUT2D eigenvalue weighted by atomic mass is 32.2. The van der Waals surface area contributed by atoms with E-state index in [1.807, 2.05) is 0 Å². The molecule has 8 heteroatoms. The Labute approximate surface area is 141 Å². The van der Waals surface area contributed by atoms with Crippen LogP contribution in [0.1, 0.15) is 44.9 Å². The highest BCUT2D eigenvalue weighted by molar-refractivity contribution is 7.89. The van der Waals surface area contributed by atoms with Crippen LogP contribution in [0.15, 0.2) is 23.1 Å². The van der Waals surface area contributed by atoms with Crippen LogP contribution < -0.4 is 15.8 Å². The maximum Gasteiger partial charge on any atom is 0.244 e. The monoisotopic (exact) mass is 355 g/mol. The molecule has 0 heterocycles. The van der Waals surface area contributed by atoms with Crippen molar-refractivity contribution in [3.63, 3.8) is 0 Å². The van der Waals surface area contributed by atoms with Gasteiger partial charge in [-0.15, -0.1) is 0 Å². The molecule has 2 aliphatic carbocycles. The average Bonchev–Trinajstić information content (AvgIpc) is 3.33. The van der Waals surface area contributed by atoms with E-state index in [0.717, 1.165) is 44.2 Å². The minimum absolute atomic E-state index is 0.123. The maximum atomic E-state index is 13.9. The standard InChI is InChI=1S/C16H22FN3O3S/c17-13-7-6-12(10-14(13)24(22,23)20-11-4-5-11)19-15(21)16(18)8-2-1-3-9-16/h6-7,10-11,20H,1-5,8-9,18H2,(H,19,21). The molecular formula is C16H22FN3O3S. The quantitative estimate of drug-likeness (QED) is 0.750. The van der Waals surface area contributed by atoms with E-state index in [-0.39, 0.29) is 17.6 Å². The molecule has 24 heavy (non-hydrogen) atoms. The van der Waals surface area contributed by atoms with E-state index >= 15 is 0 Å². The van der Waals surface area contributed by atoms with Crippen molar-refractivity contribution in [3.8, 4) is 0 Å². The van der Waals surface area contributed by atoms with Gasteiger partial charge in [0.05, 0.1) is 5.54 Å². The second-order valence-corrected chi connectivity index (χ2v) is 8.39. The molecule has 3 rings (SSSR count). The number of anilines is 1. The number of halogens is 1. The summed E-state index contributed by atoms with van der Waals surface area (Å²) in [4.78, 5) is 12.0. The summed E-state index contributed by atoms with van der Waals surface area (Å²) in [7, 11) is -3.93. The highest BCUT2D eigenvalue weighted by Crippen LogP contribution is 2.28. The molecule has 2 aliphatic rings. The normalized spacial score (nSPS) is 20.6. The van der Waals surface area contributed by atoms with Crippen molar-refractivity contribution in [1.29, 1.82) is 0 Å². The first kappa shape index (κ1) is 17.3. The second kappa shape index (κ2) is 6.42. The van der Waals surface area contributed by atoms with Gasteiger partial charge in [0.1, 0.15) is 10.7 Å². The minimum atomic E-state index is -3.93. The molecule has 0 aliphatic heterocycles. The van der Waals surface area contributed by atoms with Crippen molar-refractivity contribution in [3.05, 3.63) is 24.0 Å². The molecule has 0 aromatic heterocycles. The Hall–Kier alpha value is -1.51. The number of nitrogens with one attached hydrogen (secondary N) is 2. The summed E-state index contributed by atoms with van der Waals surface area (Å²) in [5, 5.41) is 2.64. The Morgan fingerprint density at radius 2 is 1.88 bits per heavy atom. The molecule has 2 fully saturated rings. The third kappa shape index (κ3) is 3.76. The predicted molar refractivity (Wildman–Crippen MR) is 88.4 cm³/mol. The van der Waals surface area contributed by atoms with Crippen molar-refractivity contribution in [1.82, 2.24) is 4.72 Å². The summed E-state index contributed by atoms with van der Waals surface area (Å²) in [5.41, 5.74) is 5.44. The number of hydrogen-bond donors (Lipinski definition) is 3. The van der Waals surface area contributed by atoms with Gasteiger partial charge in [0.15, 0.2) is 0 Å². The van der Waals surface area contributed by atoms with Crippen molar-refractivity contribution >= 4 is 21.6 Å². The van der Waals surface area contributed by atoms with Crippen LogP contribution in [0, 0.1) is 5.82 Å². The van der Waals surface area contributed by atoms with Crippen molar-refractivity contribution in [2.75, 3.05) is 5.32 Å². The number of amides is 1. The summed E-state index contributed by atoms with van der Waals surface area (Å²) in [6.45, 7) is 0. The minimum Gasteiger partial charge on any atom is -0.324 e. The van der Waals surface area contributed by atoms with Gasteiger partial charge >= 0.3 is 0 Å². The number of benzene rings is 1. The van der Waals surface area contributed by atoms with E-state index in [1.54, 1.807) is 0 Å². The molecule has 4 N–H and O–H groups in total. The van der Waals surface area contributed by atoms with Crippen molar-refractivity contribution < 1.29 is 17.6 Å². The summed E-state index contributed by atoms with van der Waals surface area (Å²) >= 11 is 0. The van der Waals surface area contributed by atoms with Gasteiger partial charge in [-0.2, -0.15) is 0 Å². The van der Waals surface area contributed by atoms with Crippen molar-refractivity contribution in [2.24, 2.45) is 5.73 Å². The van der Waals surface area contributed by atoms with Crippen LogP contribution in [0.4, 0.5) is 10.1 Å². The smallest absolute Gasteiger partial charge is 0.244 e.